The normalized spacial score (nSPS) is 13.2. The summed E-state index contributed by atoms with van der Waals surface area (Å²) < 4.78 is 4.47. The van der Waals surface area contributed by atoms with Crippen LogP contribution in [0.5, 0.6) is 0 Å². The fraction of sp³-hybridized carbons (Fsp3) is 0.0172. The van der Waals surface area contributed by atoms with Crippen LogP contribution in [0.4, 0.5) is 0 Å². The van der Waals surface area contributed by atoms with Crippen molar-refractivity contribution in [2.75, 3.05) is 0 Å². The SMILES string of the molecule is c1ccc(-c2ccc(-c3nc(-n4c5ccccc5c5ccccc54)nc(-n4c5ccccc5c5c6c(ccc54)-c4ccccc4C64c5ccccc5-c5ccccc54)n3)cc2)cc1. The summed E-state index contributed by atoms with van der Waals surface area (Å²) in [6.07, 6.45) is 0. The molecule has 0 N–H and O–H groups in total. The van der Waals surface area contributed by atoms with Gasteiger partial charge in [-0.25, -0.2) is 0 Å². The van der Waals surface area contributed by atoms with E-state index >= 15 is 0 Å². The quantitative estimate of drug-likeness (QED) is 0.178. The summed E-state index contributed by atoms with van der Waals surface area (Å²) in [5, 5.41) is 4.67. The molecule has 0 atom stereocenters. The molecular formula is C58H35N5. The maximum absolute atomic E-state index is 5.51. The molecule has 0 aliphatic heterocycles. The second-order valence-electron chi connectivity index (χ2n) is 16.7. The van der Waals surface area contributed by atoms with Crippen molar-refractivity contribution in [2.24, 2.45) is 0 Å². The molecule has 2 aliphatic rings. The van der Waals surface area contributed by atoms with Crippen LogP contribution in [0.25, 0.3) is 100 Å². The second-order valence-corrected chi connectivity index (χ2v) is 16.7. The van der Waals surface area contributed by atoms with E-state index in [0.29, 0.717) is 17.7 Å². The van der Waals surface area contributed by atoms with E-state index < -0.39 is 5.41 Å². The zero-order valence-electron chi connectivity index (χ0n) is 33.9. The molecule has 292 valence electrons. The Morgan fingerprint density at radius 1 is 0.302 bits per heavy atom. The Bertz CT molecular complexity index is 3740. The first-order valence-corrected chi connectivity index (χ1v) is 21.5. The molecule has 0 saturated carbocycles. The lowest BCUT2D eigenvalue weighted by molar-refractivity contribution is 0.801. The van der Waals surface area contributed by atoms with Gasteiger partial charge in [0.15, 0.2) is 5.82 Å². The van der Waals surface area contributed by atoms with E-state index in [4.69, 9.17) is 15.0 Å². The molecule has 0 radical (unpaired) electrons. The van der Waals surface area contributed by atoms with Gasteiger partial charge in [0, 0.05) is 27.1 Å². The molecule has 14 rings (SSSR count). The number of nitrogens with zero attached hydrogens (tertiary/aromatic N) is 5. The Balaban J connectivity index is 1.09. The molecule has 0 saturated heterocycles. The summed E-state index contributed by atoms with van der Waals surface area (Å²) in [7, 11) is 0. The third-order valence-electron chi connectivity index (χ3n) is 13.6. The number of hydrogen-bond donors (Lipinski definition) is 0. The number of rotatable bonds is 4. The van der Waals surface area contributed by atoms with Crippen molar-refractivity contribution >= 4 is 43.6 Å². The van der Waals surface area contributed by atoms with Crippen molar-refractivity contribution in [3.63, 3.8) is 0 Å². The highest BCUT2D eigenvalue weighted by Gasteiger charge is 2.52. The summed E-state index contributed by atoms with van der Waals surface area (Å²) >= 11 is 0. The third-order valence-corrected chi connectivity index (χ3v) is 13.6. The Hall–Kier alpha value is -8.41. The van der Waals surface area contributed by atoms with E-state index in [2.05, 4.69) is 215 Å². The summed E-state index contributed by atoms with van der Waals surface area (Å²) in [5.41, 5.74) is 17.2. The minimum atomic E-state index is -0.521. The van der Waals surface area contributed by atoms with Crippen molar-refractivity contribution < 1.29 is 0 Å². The van der Waals surface area contributed by atoms with Crippen LogP contribution in [0.3, 0.4) is 0 Å². The number of hydrogen-bond acceptors (Lipinski definition) is 3. The summed E-state index contributed by atoms with van der Waals surface area (Å²) in [5.74, 6) is 1.73. The van der Waals surface area contributed by atoms with Crippen LogP contribution in [-0.4, -0.2) is 24.1 Å². The van der Waals surface area contributed by atoms with E-state index in [0.717, 1.165) is 54.9 Å². The van der Waals surface area contributed by atoms with Gasteiger partial charge in [-0.1, -0.05) is 188 Å². The number of aromatic nitrogens is 5. The Labute approximate surface area is 362 Å². The predicted molar refractivity (Wildman–Crippen MR) is 256 cm³/mol. The molecule has 0 bridgehead atoms. The van der Waals surface area contributed by atoms with Crippen LogP contribution in [-0.2, 0) is 5.41 Å². The molecule has 0 fully saturated rings. The third kappa shape index (κ3) is 4.57. The Morgan fingerprint density at radius 2 is 0.730 bits per heavy atom. The van der Waals surface area contributed by atoms with E-state index in [1.165, 1.54) is 49.9 Å². The largest absolute Gasteiger partial charge is 0.278 e. The number of fused-ring (bicyclic) bond motifs is 17. The van der Waals surface area contributed by atoms with Gasteiger partial charge in [-0.15, -0.1) is 0 Å². The molecule has 3 heterocycles. The van der Waals surface area contributed by atoms with Crippen LogP contribution in [0, 0.1) is 0 Å². The highest BCUT2D eigenvalue weighted by atomic mass is 15.3. The van der Waals surface area contributed by atoms with Crippen LogP contribution in [0.2, 0.25) is 0 Å². The average Bonchev–Trinajstić information content (AvgIpc) is 4.06. The molecule has 1 spiro atoms. The van der Waals surface area contributed by atoms with Crippen molar-refractivity contribution in [2.45, 2.75) is 5.41 Å². The molecule has 63 heavy (non-hydrogen) atoms. The molecule has 0 unspecified atom stereocenters. The average molecular weight is 802 g/mol. The van der Waals surface area contributed by atoms with Crippen LogP contribution in [0.15, 0.2) is 212 Å². The zero-order valence-corrected chi connectivity index (χ0v) is 33.9. The maximum atomic E-state index is 5.51. The van der Waals surface area contributed by atoms with Crippen molar-refractivity contribution in [1.29, 1.82) is 0 Å². The van der Waals surface area contributed by atoms with E-state index in [1.54, 1.807) is 0 Å². The fourth-order valence-electron chi connectivity index (χ4n) is 11.1. The van der Waals surface area contributed by atoms with E-state index in [9.17, 15) is 0 Å². The smallest absolute Gasteiger partial charge is 0.240 e. The Morgan fingerprint density at radius 3 is 1.32 bits per heavy atom. The van der Waals surface area contributed by atoms with Crippen molar-refractivity contribution in [1.82, 2.24) is 24.1 Å². The monoisotopic (exact) mass is 801 g/mol. The molecule has 2 aliphatic carbocycles. The molecule has 5 heteroatoms. The second kappa shape index (κ2) is 12.8. The minimum absolute atomic E-state index is 0.521. The van der Waals surface area contributed by atoms with E-state index in [1.807, 2.05) is 6.07 Å². The van der Waals surface area contributed by atoms with Gasteiger partial charge in [0.2, 0.25) is 11.9 Å². The predicted octanol–water partition coefficient (Wildman–Crippen LogP) is 13.7. The van der Waals surface area contributed by atoms with E-state index in [-0.39, 0.29) is 0 Å². The van der Waals surface area contributed by atoms with Gasteiger partial charge in [-0.2, -0.15) is 15.0 Å². The topological polar surface area (TPSA) is 48.5 Å². The summed E-state index contributed by atoms with van der Waals surface area (Å²) in [6, 6.07) is 76.5. The fourth-order valence-corrected chi connectivity index (χ4v) is 11.1. The van der Waals surface area contributed by atoms with Gasteiger partial charge in [0.05, 0.1) is 27.5 Å². The minimum Gasteiger partial charge on any atom is -0.278 e. The Kier molecular flexibility index (Phi) is 6.97. The van der Waals surface area contributed by atoms with Crippen LogP contribution in [0.1, 0.15) is 22.3 Å². The van der Waals surface area contributed by atoms with Crippen LogP contribution >= 0.6 is 0 Å². The first kappa shape index (κ1) is 34.3. The molecule has 9 aromatic carbocycles. The molecular weight excluding hydrogens is 767 g/mol. The molecule has 5 nitrogen and oxygen atoms in total. The first-order chi connectivity index (χ1) is 31.3. The number of para-hydroxylation sites is 3. The molecule has 12 aromatic rings. The van der Waals surface area contributed by atoms with Crippen molar-refractivity contribution in [3.05, 3.63) is 235 Å². The van der Waals surface area contributed by atoms with Gasteiger partial charge in [-0.05, 0) is 79.9 Å². The highest BCUT2D eigenvalue weighted by Crippen LogP contribution is 2.64. The highest BCUT2D eigenvalue weighted by molar-refractivity contribution is 6.16. The summed E-state index contributed by atoms with van der Waals surface area (Å²) in [6.45, 7) is 0. The van der Waals surface area contributed by atoms with Gasteiger partial charge in [0.1, 0.15) is 0 Å². The summed E-state index contributed by atoms with van der Waals surface area (Å²) in [4.78, 5) is 16.3. The lowest BCUT2D eigenvalue weighted by Crippen LogP contribution is -2.26. The van der Waals surface area contributed by atoms with Crippen LogP contribution < -0.4 is 0 Å². The number of benzene rings is 9. The standard InChI is InChI=1S/C58H35N5/c1-2-16-36(17-3-1)37-30-32-38(33-31-37)55-59-56(62-49-27-13-7-21-42(49)43-22-8-14-28-50(43)62)61-57(60-55)63-51-29-15-9-23-45(51)53-52(63)35-34-44-41-20-6-12-26-48(41)58(54(44)53)46-24-10-4-18-39(46)40-19-5-11-25-47(40)58/h1-35H. The van der Waals surface area contributed by atoms with Crippen molar-refractivity contribution in [3.8, 4) is 56.7 Å². The lowest BCUT2D eigenvalue weighted by Gasteiger charge is -2.31. The lowest BCUT2D eigenvalue weighted by atomic mass is 9.69. The van der Waals surface area contributed by atoms with Gasteiger partial charge in [0.25, 0.3) is 0 Å². The zero-order chi connectivity index (χ0) is 41.2. The van der Waals surface area contributed by atoms with Gasteiger partial charge < -0.3 is 0 Å². The first-order valence-electron chi connectivity index (χ1n) is 21.5. The molecule has 3 aromatic heterocycles. The van der Waals surface area contributed by atoms with Gasteiger partial charge >= 0.3 is 0 Å². The maximum Gasteiger partial charge on any atom is 0.240 e. The molecule has 0 amide bonds. The van der Waals surface area contributed by atoms with Gasteiger partial charge in [-0.3, -0.25) is 9.13 Å².